The van der Waals surface area contributed by atoms with E-state index in [4.69, 9.17) is 0 Å². The number of aryl methyl sites for hydroxylation is 1. The Labute approximate surface area is 101 Å². The van der Waals surface area contributed by atoms with Gasteiger partial charge < -0.3 is 5.32 Å². The standard InChI is InChI=1S/C12H19N3S/c1-9-6-14-12(16-9)7-13-10-4-5-15(8-10)11-2-3-11/h6,10-11,13H,2-5,7-8H2,1H3. The Hall–Kier alpha value is -0.450. The highest BCUT2D eigenvalue weighted by Crippen LogP contribution is 2.29. The molecule has 2 fully saturated rings. The zero-order valence-electron chi connectivity index (χ0n) is 9.78. The van der Waals surface area contributed by atoms with Crippen LogP contribution >= 0.6 is 11.3 Å². The monoisotopic (exact) mass is 237 g/mol. The van der Waals surface area contributed by atoms with Gasteiger partial charge >= 0.3 is 0 Å². The highest BCUT2D eigenvalue weighted by Gasteiger charge is 2.34. The summed E-state index contributed by atoms with van der Waals surface area (Å²) in [5.41, 5.74) is 0. The first kappa shape index (κ1) is 10.7. The van der Waals surface area contributed by atoms with Gasteiger partial charge in [-0.2, -0.15) is 0 Å². The average Bonchev–Trinajstić information content (AvgIpc) is 2.87. The first-order valence-electron chi connectivity index (χ1n) is 6.20. The molecule has 0 bridgehead atoms. The minimum absolute atomic E-state index is 0.685. The third-order valence-corrected chi connectivity index (χ3v) is 4.41. The van der Waals surface area contributed by atoms with Gasteiger partial charge in [0.05, 0.1) is 0 Å². The van der Waals surface area contributed by atoms with E-state index in [0.717, 1.165) is 12.6 Å². The van der Waals surface area contributed by atoms with Crippen LogP contribution in [0.2, 0.25) is 0 Å². The van der Waals surface area contributed by atoms with Crippen molar-refractivity contribution in [1.82, 2.24) is 15.2 Å². The lowest BCUT2D eigenvalue weighted by atomic mass is 10.3. The van der Waals surface area contributed by atoms with Gasteiger partial charge in [-0.25, -0.2) is 4.98 Å². The van der Waals surface area contributed by atoms with Crippen molar-refractivity contribution in [2.75, 3.05) is 13.1 Å². The Morgan fingerprint density at radius 1 is 1.50 bits per heavy atom. The molecule has 0 radical (unpaired) electrons. The fraction of sp³-hybridized carbons (Fsp3) is 0.750. The van der Waals surface area contributed by atoms with Crippen LogP contribution in [0.15, 0.2) is 6.20 Å². The number of likely N-dealkylation sites (tertiary alicyclic amines) is 1. The molecule has 88 valence electrons. The van der Waals surface area contributed by atoms with Gasteiger partial charge in [-0.15, -0.1) is 11.3 Å². The minimum atomic E-state index is 0.685. The third-order valence-electron chi connectivity index (χ3n) is 3.49. The minimum Gasteiger partial charge on any atom is -0.306 e. The Balaban J connectivity index is 1.45. The van der Waals surface area contributed by atoms with Crippen molar-refractivity contribution < 1.29 is 0 Å². The number of thiazole rings is 1. The molecule has 3 rings (SSSR count). The number of hydrogen-bond acceptors (Lipinski definition) is 4. The van der Waals surface area contributed by atoms with Crippen LogP contribution in [-0.2, 0) is 6.54 Å². The maximum atomic E-state index is 4.39. The summed E-state index contributed by atoms with van der Waals surface area (Å²) in [5.74, 6) is 0. The smallest absolute Gasteiger partial charge is 0.107 e. The molecule has 1 N–H and O–H groups in total. The van der Waals surface area contributed by atoms with E-state index in [1.165, 1.54) is 42.2 Å². The Morgan fingerprint density at radius 3 is 3.06 bits per heavy atom. The topological polar surface area (TPSA) is 28.2 Å². The van der Waals surface area contributed by atoms with E-state index < -0.39 is 0 Å². The van der Waals surface area contributed by atoms with Crippen molar-refractivity contribution in [3.8, 4) is 0 Å². The molecule has 1 aromatic rings. The van der Waals surface area contributed by atoms with E-state index in [1.54, 1.807) is 11.3 Å². The fourth-order valence-corrected chi connectivity index (χ4v) is 3.18. The van der Waals surface area contributed by atoms with Crippen LogP contribution in [0.1, 0.15) is 29.1 Å². The predicted molar refractivity (Wildman–Crippen MR) is 66.7 cm³/mol. The van der Waals surface area contributed by atoms with Crippen LogP contribution < -0.4 is 5.32 Å². The van der Waals surface area contributed by atoms with Gasteiger partial charge in [0.25, 0.3) is 0 Å². The maximum absolute atomic E-state index is 4.39. The van der Waals surface area contributed by atoms with E-state index in [-0.39, 0.29) is 0 Å². The van der Waals surface area contributed by atoms with E-state index in [0.29, 0.717) is 6.04 Å². The molecule has 4 heteroatoms. The summed E-state index contributed by atoms with van der Waals surface area (Å²) in [6, 6.07) is 1.61. The van der Waals surface area contributed by atoms with Gasteiger partial charge in [-0.05, 0) is 26.2 Å². The van der Waals surface area contributed by atoms with E-state index in [1.807, 2.05) is 6.20 Å². The summed E-state index contributed by atoms with van der Waals surface area (Å²) in [4.78, 5) is 8.34. The molecule has 1 aliphatic heterocycles. The molecular formula is C12H19N3S. The van der Waals surface area contributed by atoms with Crippen molar-refractivity contribution in [3.05, 3.63) is 16.1 Å². The first-order chi connectivity index (χ1) is 7.81. The second-order valence-electron chi connectivity index (χ2n) is 4.96. The van der Waals surface area contributed by atoms with Crippen molar-refractivity contribution in [2.24, 2.45) is 0 Å². The molecule has 0 spiro atoms. The van der Waals surface area contributed by atoms with Crippen molar-refractivity contribution >= 4 is 11.3 Å². The van der Waals surface area contributed by atoms with Gasteiger partial charge in [0.1, 0.15) is 5.01 Å². The lowest BCUT2D eigenvalue weighted by Crippen LogP contribution is -2.32. The molecule has 1 unspecified atom stereocenters. The second kappa shape index (κ2) is 4.43. The number of hydrogen-bond donors (Lipinski definition) is 1. The quantitative estimate of drug-likeness (QED) is 0.865. The summed E-state index contributed by atoms with van der Waals surface area (Å²) < 4.78 is 0. The zero-order valence-corrected chi connectivity index (χ0v) is 10.6. The molecule has 0 amide bonds. The van der Waals surface area contributed by atoms with Crippen LogP contribution in [-0.4, -0.2) is 35.1 Å². The SMILES string of the molecule is Cc1cnc(CNC2CCN(C3CC3)C2)s1. The normalized spacial score (nSPS) is 26.4. The zero-order chi connectivity index (χ0) is 11.0. The molecule has 1 saturated carbocycles. The van der Waals surface area contributed by atoms with Gasteiger partial charge in [0.2, 0.25) is 0 Å². The first-order valence-corrected chi connectivity index (χ1v) is 7.01. The van der Waals surface area contributed by atoms with Crippen LogP contribution in [0.4, 0.5) is 0 Å². The summed E-state index contributed by atoms with van der Waals surface area (Å²) >= 11 is 1.80. The molecule has 1 aromatic heterocycles. The van der Waals surface area contributed by atoms with Crippen LogP contribution in [0.5, 0.6) is 0 Å². The number of rotatable bonds is 4. The lowest BCUT2D eigenvalue weighted by molar-refractivity contribution is 0.317. The summed E-state index contributed by atoms with van der Waals surface area (Å²) in [6.07, 6.45) is 6.13. The summed E-state index contributed by atoms with van der Waals surface area (Å²) in [6.45, 7) is 5.60. The molecule has 1 aliphatic carbocycles. The molecule has 2 heterocycles. The molecule has 1 atom stereocenters. The molecule has 3 nitrogen and oxygen atoms in total. The Kier molecular flexibility index (Phi) is 2.96. The van der Waals surface area contributed by atoms with E-state index in [9.17, 15) is 0 Å². The average molecular weight is 237 g/mol. The van der Waals surface area contributed by atoms with Crippen molar-refractivity contribution in [1.29, 1.82) is 0 Å². The molecule has 2 aliphatic rings. The molecule has 1 saturated heterocycles. The maximum Gasteiger partial charge on any atom is 0.107 e. The van der Waals surface area contributed by atoms with Gasteiger partial charge in [-0.1, -0.05) is 0 Å². The lowest BCUT2D eigenvalue weighted by Gasteiger charge is -2.15. The third kappa shape index (κ3) is 2.44. The largest absolute Gasteiger partial charge is 0.306 e. The van der Waals surface area contributed by atoms with Crippen LogP contribution in [0.25, 0.3) is 0 Å². The van der Waals surface area contributed by atoms with Crippen LogP contribution in [0.3, 0.4) is 0 Å². The predicted octanol–water partition coefficient (Wildman–Crippen LogP) is 1.78. The van der Waals surface area contributed by atoms with Gasteiger partial charge in [0, 0.05) is 42.8 Å². The van der Waals surface area contributed by atoms with Crippen LogP contribution in [0, 0.1) is 6.92 Å². The van der Waals surface area contributed by atoms with E-state index >= 15 is 0 Å². The van der Waals surface area contributed by atoms with Gasteiger partial charge in [0.15, 0.2) is 0 Å². The Morgan fingerprint density at radius 2 is 2.38 bits per heavy atom. The van der Waals surface area contributed by atoms with Gasteiger partial charge in [-0.3, -0.25) is 4.90 Å². The van der Waals surface area contributed by atoms with E-state index in [2.05, 4.69) is 22.1 Å². The highest BCUT2D eigenvalue weighted by molar-refractivity contribution is 7.11. The Bertz CT molecular complexity index is 359. The number of nitrogens with zero attached hydrogens (tertiary/aromatic N) is 2. The fourth-order valence-electron chi connectivity index (χ4n) is 2.44. The molecule has 16 heavy (non-hydrogen) atoms. The number of nitrogens with one attached hydrogen (secondary N) is 1. The summed E-state index contributed by atoms with van der Waals surface area (Å²) in [5, 5.41) is 4.85. The highest BCUT2D eigenvalue weighted by atomic mass is 32.1. The second-order valence-corrected chi connectivity index (χ2v) is 6.28. The molecule has 0 aromatic carbocycles. The number of aromatic nitrogens is 1. The van der Waals surface area contributed by atoms with Crippen molar-refractivity contribution in [2.45, 2.75) is 44.8 Å². The van der Waals surface area contributed by atoms with Crippen molar-refractivity contribution in [3.63, 3.8) is 0 Å². The summed E-state index contributed by atoms with van der Waals surface area (Å²) in [7, 11) is 0. The molecular weight excluding hydrogens is 218 g/mol.